The van der Waals surface area contributed by atoms with E-state index in [1.165, 1.54) is 25.7 Å². The summed E-state index contributed by atoms with van der Waals surface area (Å²) in [5.74, 6) is 0.302. The second-order valence-corrected chi connectivity index (χ2v) is 6.00. The molecule has 1 N–H and O–H groups in total. The zero-order valence-corrected chi connectivity index (χ0v) is 10.8. The fourth-order valence-electron chi connectivity index (χ4n) is 3.03. The molecule has 2 aliphatic rings. The number of hydrogen-bond acceptors (Lipinski definition) is 2. The Morgan fingerprint density at radius 3 is 2.56 bits per heavy atom. The fourth-order valence-corrected chi connectivity index (χ4v) is 3.03. The molecule has 0 radical (unpaired) electrons. The number of hydrogen-bond donors (Lipinski definition) is 1. The molecule has 0 aromatic heterocycles. The lowest BCUT2D eigenvalue weighted by Gasteiger charge is -2.40. The average molecular weight is 224 g/mol. The number of carbonyl (C=O) groups excluding carboxylic acids is 1. The SMILES string of the molecule is CCC1NCC(=O)N1C1CCC(C)(C)CC1. The molecule has 1 aliphatic carbocycles. The Labute approximate surface area is 98.6 Å². The summed E-state index contributed by atoms with van der Waals surface area (Å²) in [6.45, 7) is 7.36. The van der Waals surface area contributed by atoms with Crippen LogP contribution in [-0.2, 0) is 4.79 Å². The molecular weight excluding hydrogens is 200 g/mol. The lowest BCUT2D eigenvalue weighted by molar-refractivity contribution is -0.131. The van der Waals surface area contributed by atoms with Gasteiger partial charge in [-0.3, -0.25) is 10.1 Å². The summed E-state index contributed by atoms with van der Waals surface area (Å²) in [4.78, 5) is 14.0. The van der Waals surface area contributed by atoms with Gasteiger partial charge in [0.05, 0.1) is 12.7 Å². The Balaban J connectivity index is 2.00. The molecule has 2 rings (SSSR count). The van der Waals surface area contributed by atoms with Gasteiger partial charge in [-0.25, -0.2) is 0 Å². The van der Waals surface area contributed by atoms with E-state index in [1.54, 1.807) is 0 Å². The van der Waals surface area contributed by atoms with E-state index in [9.17, 15) is 4.79 Å². The van der Waals surface area contributed by atoms with Crippen molar-refractivity contribution in [2.75, 3.05) is 6.54 Å². The number of rotatable bonds is 2. The number of carbonyl (C=O) groups is 1. The Bertz CT molecular complexity index is 265. The third-order valence-corrected chi connectivity index (χ3v) is 4.20. The van der Waals surface area contributed by atoms with E-state index in [-0.39, 0.29) is 0 Å². The first-order valence-corrected chi connectivity index (χ1v) is 6.58. The van der Waals surface area contributed by atoms with E-state index >= 15 is 0 Å². The molecule has 0 spiro atoms. The van der Waals surface area contributed by atoms with Crippen LogP contribution in [0.15, 0.2) is 0 Å². The summed E-state index contributed by atoms with van der Waals surface area (Å²) < 4.78 is 0. The molecule has 0 aromatic carbocycles. The van der Waals surface area contributed by atoms with Crippen LogP contribution < -0.4 is 5.32 Å². The van der Waals surface area contributed by atoms with Crippen molar-refractivity contribution in [3.05, 3.63) is 0 Å². The minimum absolute atomic E-state index is 0.290. The Kier molecular flexibility index (Phi) is 3.24. The topological polar surface area (TPSA) is 32.3 Å². The molecule has 16 heavy (non-hydrogen) atoms. The minimum Gasteiger partial charge on any atom is -0.323 e. The monoisotopic (exact) mass is 224 g/mol. The highest BCUT2D eigenvalue weighted by molar-refractivity contribution is 5.81. The van der Waals surface area contributed by atoms with Gasteiger partial charge in [-0.15, -0.1) is 0 Å². The van der Waals surface area contributed by atoms with Crippen molar-refractivity contribution in [1.82, 2.24) is 10.2 Å². The molecule has 0 aromatic rings. The van der Waals surface area contributed by atoms with Gasteiger partial charge in [0.15, 0.2) is 0 Å². The van der Waals surface area contributed by atoms with Crippen molar-refractivity contribution in [3.63, 3.8) is 0 Å². The molecule has 1 aliphatic heterocycles. The molecule has 3 heteroatoms. The van der Waals surface area contributed by atoms with Gasteiger partial charge in [0.1, 0.15) is 0 Å². The van der Waals surface area contributed by atoms with Crippen LogP contribution in [0.2, 0.25) is 0 Å². The van der Waals surface area contributed by atoms with Crippen molar-refractivity contribution in [2.45, 2.75) is 65.1 Å². The van der Waals surface area contributed by atoms with Gasteiger partial charge in [0.25, 0.3) is 0 Å². The van der Waals surface area contributed by atoms with Gasteiger partial charge in [-0.2, -0.15) is 0 Å². The quantitative estimate of drug-likeness (QED) is 0.779. The van der Waals surface area contributed by atoms with Gasteiger partial charge < -0.3 is 4.90 Å². The summed E-state index contributed by atoms with van der Waals surface area (Å²) in [5.41, 5.74) is 0.481. The first-order valence-electron chi connectivity index (χ1n) is 6.58. The number of nitrogens with zero attached hydrogens (tertiary/aromatic N) is 1. The van der Waals surface area contributed by atoms with E-state index in [2.05, 4.69) is 31.0 Å². The number of nitrogens with one attached hydrogen (secondary N) is 1. The van der Waals surface area contributed by atoms with Crippen LogP contribution in [0.1, 0.15) is 52.9 Å². The van der Waals surface area contributed by atoms with Crippen molar-refractivity contribution >= 4 is 5.91 Å². The molecule has 3 nitrogen and oxygen atoms in total. The highest BCUT2D eigenvalue weighted by atomic mass is 16.2. The van der Waals surface area contributed by atoms with Gasteiger partial charge in [0, 0.05) is 6.04 Å². The molecule has 1 heterocycles. The standard InChI is InChI=1S/C13H24N2O/c1-4-11-14-9-12(16)15(11)10-5-7-13(2,3)8-6-10/h10-11,14H,4-9H2,1-3H3. The van der Waals surface area contributed by atoms with E-state index in [0.29, 0.717) is 30.1 Å². The largest absolute Gasteiger partial charge is 0.323 e. The van der Waals surface area contributed by atoms with Crippen LogP contribution in [0, 0.1) is 5.41 Å². The zero-order chi connectivity index (χ0) is 11.8. The average Bonchev–Trinajstić information content (AvgIpc) is 2.60. The highest BCUT2D eigenvalue weighted by Gasteiger charge is 2.38. The maximum Gasteiger partial charge on any atom is 0.238 e. The van der Waals surface area contributed by atoms with Crippen molar-refractivity contribution in [2.24, 2.45) is 5.41 Å². The van der Waals surface area contributed by atoms with E-state index in [1.807, 2.05) is 0 Å². The molecule has 2 fully saturated rings. The first kappa shape index (κ1) is 11.9. The summed E-state index contributed by atoms with van der Waals surface area (Å²) >= 11 is 0. The summed E-state index contributed by atoms with van der Waals surface area (Å²) in [6, 6.07) is 0.487. The molecule has 0 bridgehead atoms. The zero-order valence-electron chi connectivity index (χ0n) is 10.8. The maximum absolute atomic E-state index is 11.9. The van der Waals surface area contributed by atoms with Gasteiger partial charge in [0.2, 0.25) is 5.91 Å². The molecule has 92 valence electrons. The Morgan fingerprint density at radius 1 is 1.38 bits per heavy atom. The third kappa shape index (κ3) is 2.24. The van der Waals surface area contributed by atoms with Crippen LogP contribution >= 0.6 is 0 Å². The molecule has 1 amide bonds. The molecule has 1 saturated heterocycles. The minimum atomic E-state index is 0.290. The van der Waals surface area contributed by atoms with Crippen molar-refractivity contribution in [1.29, 1.82) is 0 Å². The third-order valence-electron chi connectivity index (χ3n) is 4.20. The maximum atomic E-state index is 11.9. The summed E-state index contributed by atoms with van der Waals surface area (Å²) in [5, 5.41) is 3.30. The highest BCUT2D eigenvalue weighted by Crippen LogP contribution is 2.37. The molecular formula is C13H24N2O. The van der Waals surface area contributed by atoms with Gasteiger partial charge >= 0.3 is 0 Å². The van der Waals surface area contributed by atoms with E-state index < -0.39 is 0 Å². The second-order valence-electron chi connectivity index (χ2n) is 6.00. The normalized spacial score (nSPS) is 31.1. The smallest absolute Gasteiger partial charge is 0.238 e. The predicted molar refractivity (Wildman–Crippen MR) is 65.0 cm³/mol. The van der Waals surface area contributed by atoms with Crippen LogP contribution in [0.4, 0.5) is 0 Å². The van der Waals surface area contributed by atoms with E-state index in [0.717, 1.165) is 6.42 Å². The Morgan fingerprint density at radius 2 is 2.00 bits per heavy atom. The lowest BCUT2D eigenvalue weighted by Crippen LogP contribution is -2.46. The Hall–Kier alpha value is -0.570. The first-order chi connectivity index (χ1) is 7.53. The van der Waals surface area contributed by atoms with Crippen molar-refractivity contribution in [3.8, 4) is 0 Å². The van der Waals surface area contributed by atoms with Gasteiger partial charge in [-0.05, 0) is 37.5 Å². The second kappa shape index (κ2) is 4.36. The van der Waals surface area contributed by atoms with Crippen molar-refractivity contribution < 1.29 is 4.79 Å². The molecule has 1 atom stereocenters. The summed E-state index contributed by atoms with van der Waals surface area (Å²) in [7, 11) is 0. The molecule has 1 unspecified atom stereocenters. The van der Waals surface area contributed by atoms with Crippen LogP contribution in [0.5, 0.6) is 0 Å². The lowest BCUT2D eigenvalue weighted by atomic mass is 9.75. The van der Waals surface area contributed by atoms with Gasteiger partial charge in [-0.1, -0.05) is 20.8 Å². The van der Waals surface area contributed by atoms with E-state index in [4.69, 9.17) is 0 Å². The van der Waals surface area contributed by atoms with Crippen LogP contribution in [0.3, 0.4) is 0 Å². The molecule has 1 saturated carbocycles. The van der Waals surface area contributed by atoms with Crippen LogP contribution in [0.25, 0.3) is 0 Å². The fraction of sp³-hybridized carbons (Fsp3) is 0.923. The number of amides is 1. The van der Waals surface area contributed by atoms with Crippen LogP contribution in [-0.4, -0.2) is 29.6 Å². The predicted octanol–water partition coefficient (Wildman–Crippen LogP) is 2.12. The summed E-state index contributed by atoms with van der Waals surface area (Å²) in [6.07, 6.45) is 6.16.